The fourth-order valence-corrected chi connectivity index (χ4v) is 1.89. The van der Waals surface area contributed by atoms with Crippen LogP contribution in [0.15, 0.2) is 47.6 Å². The van der Waals surface area contributed by atoms with Crippen LogP contribution in [0.3, 0.4) is 0 Å². The lowest BCUT2D eigenvalue weighted by atomic mass is 10.2. The minimum atomic E-state index is -0.257. The lowest BCUT2D eigenvalue weighted by molar-refractivity contribution is -0.210. The number of benzene rings is 2. The van der Waals surface area contributed by atoms with Crippen LogP contribution in [0.2, 0.25) is 5.02 Å². The van der Waals surface area contributed by atoms with E-state index in [1.54, 1.807) is 30.3 Å². The second kappa shape index (κ2) is 6.16. The van der Waals surface area contributed by atoms with Gasteiger partial charge in [0.05, 0.1) is 17.8 Å². The van der Waals surface area contributed by atoms with Gasteiger partial charge in [0, 0.05) is 11.6 Å². The van der Waals surface area contributed by atoms with Gasteiger partial charge in [-0.05, 0) is 23.3 Å². The molecule has 0 spiro atoms. The third-order valence-electron chi connectivity index (χ3n) is 2.69. The van der Waals surface area contributed by atoms with Crippen molar-refractivity contribution in [1.29, 1.82) is 0 Å². The number of hydrogen-bond donors (Lipinski definition) is 2. The second-order valence-corrected chi connectivity index (χ2v) is 4.36. The monoisotopic (exact) mass is 290 g/mol. The molecule has 2 rings (SSSR count). The van der Waals surface area contributed by atoms with Crippen LogP contribution >= 0.6 is 11.6 Å². The molecule has 2 aromatic rings. The summed E-state index contributed by atoms with van der Waals surface area (Å²) in [7, 11) is 1.49. The first-order chi connectivity index (χ1) is 9.65. The number of nitrogens with one attached hydrogen (secondary N) is 1. The van der Waals surface area contributed by atoms with Gasteiger partial charge in [0.2, 0.25) is 0 Å². The van der Waals surface area contributed by atoms with Gasteiger partial charge in [-0.1, -0.05) is 29.8 Å². The Morgan fingerprint density at radius 3 is 2.60 bits per heavy atom. The summed E-state index contributed by atoms with van der Waals surface area (Å²) in [6.45, 7) is 0. The number of halogens is 1. The summed E-state index contributed by atoms with van der Waals surface area (Å²) < 4.78 is 5.14. The van der Waals surface area contributed by atoms with Crippen LogP contribution in [0, 0.1) is 0 Å². The number of carbonyl (C=O) groups is 1. The molecule has 0 aliphatic rings. The molecule has 0 aromatic heterocycles. The van der Waals surface area contributed by atoms with Crippen molar-refractivity contribution >= 4 is 28.9 Å². The standard InChI is InChI=1S/C14H12ClN3O2/c1-20-13-8-11(10(15)7-12(13)18-16)17-14(19)9-5-3-2-4-6-9/h2-8,16H,1H3,(H,17,19)/p+1. The van der Waals surface area contributed by atoms with Crippen LogP contribution in [-0.4, -0.2) is 13.0 Å². The van der Waals surface area contributed by atoms with Gasteiger partial charge >= 0.3 is 0 Å². The van der Waals surface area contributed by atoms with Crippen LogP contribution in [0.5, 0.6) is 5.75 Å². The van der Waals surface area contributed by atoms with E-state index in [0.29, 0.717) is 27.7 Å². The Bertz CT molecular complexity index is 644. The molecule has 0 unspecified atom stereocenters. The summed E-state index contributed by atoms with van der Waals surface area (Å²) in [6, 6.07) is 11.9. The number of rotatable bonds is 4. The van der Waals surface area contributed by atoms with Crippen molar-refractivity contribution < 1.29 is 15.1 Å². The molecular weight excluding hydrogens is 278 g/mol. The quantitative estimate of drug-likeness (QED) is 0.849. The first kappa shape index (κ1) is 14.0. The number of anilines is 1. The molecule has 1 amide bonds. The van der Waals surface area contributed by atoms with Gasteiger partial charge in [-0.25, -0.2) is 0 Å². The van der Waals surface area contributed by atoms with Gasteiger partial charge in [-0.3, -0.25) is 4.79 Å². The van der Waals surface area contributed by atoms with Gasteiger partial charge in [-0.2, -0.15) is 5.53 Å². The second-order valence-electron chi connectivity index (χ2n) is 3.95. The zero-order valence-corrected chi connectivity index (χ0v) is 11.5. The van der Waals surface area contributed by atoms with E-state index in [-0.39, 0.29) is 5.91 Å². The Morgan fingerprint density at radius 2 is 2.00 bits per heavy atom. The molecule has 3 N–H and O–H groups in total. The van der Waals surface area contributed by atoms with E-state index in [9.17, 15) is 4.79 Å². The van der Waals surface area contributed by atoms with Gasteiger partial charge in [0.25, 0.3) is 5.91 Å². The molecule has 5 nitrogen and oxygen atoms in total. The molecule has 0 atom stereocenters. The van der Waals surface area contributed by atoms with Crippen LogP contribution < -0.4 is 15.6 Å². The maximum atomic E-state index is 12.1. The number of hydrogen-bond acceptors (Lipinski definition) is 3. The van der Waals surface area contributed by atoms with Crippen LogP contribution in [0.1, 0.15) is 10.4 Å². The number of amides is 1. The van der Waals surface area contributed by atoms with Gasteiger partial charge in [0.15, 0.2) is 11.4 Å². The fourth-order valence-electron chi connectivity index (χ4n) is 1.69. The van der Waals surface area contributed by atoms with Crippen LogP contribution in [0.4, 0.5) is 11.4 Å². The molecule has 0 fully saturated rings. The fraction of sp³-hybridized carbons (Fsp3) is 0.0714. The summed E-state index contributed by atoms with van der Waals surface area (Å²) in [5, 5.41) is 6.61. The SMILES string of the molecule is COc1cc(NC(=O)c2ccccc2)c(Cl)cc1N=[NH2+]. The van der Waals surface area contributed by atoms with Gasteiger partial charge in [-0.15, -0.1) is 0 Å². The molecule has 102 valence electrons. The van der Waals surface area contributed by atoms with Crippen LogP contribution in [0.25, 0.3) is 0 Å². The van der Waals surface area contributed by atoms with E-state index in [4.69, 9.17) is 21.9 Å². The summed E-state index contributed by atoms with van der Waals surface area (Å²) >= 11 is 6.08. The Labute approximate surface area is 121 Å². The molecule has 0 aliphatic heterocycles. The minimum Gasteiger partial charge on any atom is -0.494 e. The lowest BCUT2D eigenvalue weighted by Gasteiger charge is -2.10. The van der Waals surface area contributed by atoms with E-state index in [2.05, 4.69) is 10.4 Å². The number of nitrogens with zero attached hydrogens (tertiary/aromatic N) is 1. The minimum absolute atomic E-state index is 0.257. The van der Waals surface area contributed by atoms with E-state index < -0.39 is 0 Å². The average Bonchev–Trinajstić information content (AvgIpc) is 2.49. The van der Waals surface area contributed by atoms with Crippen molar-refractivity contribution in [3.8, 4) is 5.75 Å². The number of nitrogens with two attached hydrogens (primary N) is 1. The zero-order chi connectivity index (χ0) is 14.5. The van der Waals surface area contributed by atoms with Crippen molar-refractivity contribution in [2.45, 2.75) is 0 Å². The van der Waals surface area contributed by atoms with Crippen molar-refractivity contribution in [3.05, 3.63) is 53.1 Å². The molecule has 0 saturated carbocycles. The van der Waals surface area contributed by atoms with E-state index in [1.165, 1.54) is 13.2 Å². The predicted molar refractivity (Wildman–Crippen MR) is 76.4 cm³/mol. The van der Waals surface area contributed by atoms with Crippen molar-refractivity contribution in [1.82, 2.24) is 0 Å². The summed E-state index contributed by atoms with van der Waals surface area (Å²) in [5.74, 6) is 0.173. The first-order valence-electron chi connectivity index (χ1n) is 5.80. The molecule has 0 aliphatic carbocycles. The largest absolute Gasteiger partial charge is 0.494 e. The molecule has 6 heteroatoms. The van der Waals surface area contributed by atoms with Crippen molar-refractivity contribution in [3.63, 3.8) is 0 Å². The number of carbonyl (C=O) groups excluding carboxylic acids is 1. The summed E-state index contributed by atoms with van der Waals surface area (Å²) in [4.78, 5) is 12.1. The van der Waals surface area contributed by atoms with Crippen LogP contribution in [-0.2, 0) is 0 Å². The van der Waals surface area contributed by atoms with E-state index >= 15 is 0 Å². The normalized spacial score (nSPS) is 9.90. The number of methoxy groups -OCH3 is 1. The molecule has 2 aromatic carbocycles. The molecular formula is C14H13ClN3O2+. The molecule has 0 radical (unpaired) electrons. The number of ether oxygens (including phenoxy) is 1. The maximum absolute atomic E-state index is 12.1. The first-order valence-corrected chi connectivity index (χ1v) is 6.18. The summed E-state index contributed by atoms with van der Waals surface area (Å²) in [5.41, 5.74) is 6.62. The Kier molecular flexibility index (Phi) is 4.32. The van der Waals surface area contributed by atoms with Crippen molar-refractivity contribution in [2.24, 2.45) is 5.11 Å². The maximum Gasteiger partial charge on any atom is 0.255 e. The molecule has 0 heterocycles. The Morgan fingerprint density at radius 1 is 1.30 bits per heavy atom. The highest BCUT2D eigenvalue weighted by molar-refractivity contribution is 6.34. The summed E-state index contributed by atoms with van der Waals surface area (Å²) in [6.07, 6.45) is 0. The molecule has 0 bridgehead atoms. The third kappa shape index (κ3) is 2.95. The van der Waals surface area contributed by atoms with Gasteiger partial charge < -0.3 is 10.1 Å². The highest BCUT2D eigenvalue weighted by Gasteiger charge is 2.13. The predicted octanol–water partition coefficient (Wildman–Crippen LogP) is 2.44. The third-order valence-corrected chi connectivity index (χ3v) is 3.00. The zero-order valence-electron chi connectivity index (χ0n) is 10.8. The Balaban J connectivity index is 2.30. The highest BCUT2D eigenvalue weighted by atomic mass is 35.5. The molecule has 0 saturated heterocycles. The average molecular weight is 291 g/mol. The lowest BCUT2D eigenvalue weighted by Crippen LogP contribution is -2.22. The van der Waals surface area contributed by atoms with Gasteiger partial charge in [0.1, 0.15) is 0 Å². The van der Waals surface area contributed by atoms with Crippen molar-refractivity contribution in [2.75, 3.05) is 12.4 Å². The van der Waals surface area contributed by atoms with E-state index in [1.807, 2.05) is 6.07 Å². The highest BCUT2D eigenvalue weighted by Crippen LogP contribution is 2.35. The molecule has 20 heavy (non-hydrogen) atoms. The topological polar surface area (TPSA) is 76.3 Å². The smallest absolute Gasteiger partial charge is 0.255 e. The Hall–Kier alpha value is -2.40. The van der Waals surface area contributed by atoms with E-state index in [0.717, 1.165) is 0 Å².